The van der Waals surface area contributed by atoms with E-state index in [2.05, 4.69) is 0 Å². The molecule has 1 rings (SSSR count). The van der Waals surface area contributed by atoms with E-state index in [9.17, 15) is 12.9 Å². The van der Waals surface area contributed by atoms with Gasteiger partial charge in [-0.25, -0.2) is 0 Å². The Labute approximate surface area is 84.9 Å². The minimum atomic E-state index is -4.75. The summed E-state index contributed by atoms with van der Waals surface area (Å²) in [4.78, 5) is 0.504. The Morgan fingerprint density at radius 3 is 2.57 bits per heavy atom. The lowest BCUT2D eigenvalue weighted by Crippen LogP contribution is -2.19. The smallest absolute Gasteiger partial charge is 0.448 e. The summed E-state index contributed by atoms with van der Waals surface area (Å²) < 4.78 is 35.9. The second-order valence-corrected chi connectivity index (χ2v) is 4.12. The second-order valence-electron chi connectivity index (χ2n) is 3.06. The number of benzene rings is 1. The van der Waals surface area contributed by atoms with Crippen molar-refractivity contribution in [2.45, 2.75) is 11.8 Å². The summed E-state index contributed by atoms with van der Waals surface area (Å²) in [7, 11) is 0. The molecule has 0 aliphatic rings. The standard InChI is InChI=1S/C8H10BF3NS/c1-6-2-3-7(13)8(4-6)14-5-9(10,11)12/h2-4H,5,13H2,1H3/q-1. The van der Waals surface area contributed by atoms with Gasteiger partial charge in [-0.05, 0) is 30.3 Å². The molecule has 0 aromatic heterocycles. The third kappa shape index (κ3) is 3.53. The van der Waals surface area contributed by atoms with Crippen molar-refractivity contribution >= 4 is 24.4 Å². The highest BCUT2D eigenvalue weighted by atomic mass is 32.2. The molecule has 1 aromatic rings. The first kappa shape index (κ1) is 11.3. The van der Waals surface area contributed by atoms with Crippen molar-refractivity contribution in [1.29, 1.82) is 0 Å². The van der Waals surface area contributed by atoms with Gasteiger partial charge in [0, 0.05) is 10.6 Å². The highest BCUT2D eigenvalue weighted by molar-refractivity contribution is 8.00. The molecular formula is C8H10BF3NS-. The summed E-state index contributed by atoms with van der Waals surface area (Å²) in [6, 6.07) is 5.07. The first-order valence-corrected chi connectivity index (χ1v) is 5.07. The number of nitrogens with two attached hydrogens (primary N) is 1. The second kappa shape index (κ2) is 4.17. The topological polar surface area (TPSA) is 26.0 Å². The number of nitrogen functional groups attached to an aromatic ring is 1. The molecule has 0 fully saturated rings. The van der Waals surface area contributed by atoms with Gasteiger partial charge in [-0.15, -0.1) is 0 Å². The molecule has 0 atom stereocenters. The minimum Gasteiger partial charge on any atom is -0.448 e. The molecule has 2 N–H and O–H groups in total. The third-order valence-corrected chi connectivity index (χ3v) is 2.81. The van der Waals surface area contributed by atoms with Crippen molar-refractivity contribution in [2.75, 3.05) is 11.4 Å². The van der Waals surface area contributed by atoms with Crippen LogP contribution in [0.3, 0.4) is 0 Å². The van der Waals surface area contributed by atoms with Crippen molar-refractivity contribution in [3.8, 4) is 0 Å². The molecule has 0 aliphatic carbocycles. The Kier molecular flexibility index (Phi) is 3.36. The quantitative estimate of drug-likeness (QED) is 0.481. The van der Waals surface area contributed by atoms with E-state index in [1.807, 2.05) is 6.92 Å². The lowest BCUT2D eigenvalue weighted by Gasteiger charge is -2.14. The first-order valence-electron chi connectivity index (χ1n) is 4.08. The predicted octanol–water partition coefficient (Wildman–Crippen LogP) is 3.06. The van der Waals surface area contributed by atoms with Crippen LogP contribution < -0.4 is 5.73 Å². The Morgan fingerprint density at radius 2 is 2.00 bits per heavy atom. The van der Waals surface area contributed by atoms with Crippen LogP contribution in [0.5, 0.6) is 0 Å². The summed E-state index contributed by atoms with van der Waals surface area (Å²) in [6.45, 7) is -2.92. The van der Waals surface area contributed by atoms with Crippen LogP contribution in [0.4, 0.5) is 18.6 Å². The SMILES string of the molecule is Cc1ccc(N)c(SC[B-](F)(F)F)c1. The molecule has 0 unspecified atom stereocenters. The molecule has 14 heavy (non-hydrogen) atoms. The number of halogens is 3. The fourth-order valence-corrected chi connectivity index (χ4v) is 1.82. The van der Waals surface area contributed by atoms with Gasteiger partial charge in [-0.1, -0.05) is 6.07 Å². The predicted molar refractivity (Wildman–Crippen MR) is 55.4 cm³/mol. The number of aryl methyl sites for hydroxylation is 1. The van der Waals surface area contributed by atoms with E-state index < -0.39 is 12.6 Å². The van der Waals surface area contributed by atoms with Gasteiger partial charge in [-0.2, -0.15) is 11.8 Å². The van der Waals surface area contributed by atoms with E-state index >= 15 is 0 Å². The average Bonchev–Trinajstić information content (AvgIpc) is 2.05. The molecule has 0 bridgehead atoms. The maximum Gasteiger partial charge on any atom is 0.488 e. The van der Waals surface area contributed by atoms with Crippen LogP contribution in [-0.4, -0.2) is 12.6 Å². The fourth-order valence-electron chi connectivity index (χ4n) is 0.951. The van der Waals surface area contributed by atoms with Gasteiger partial charge in [0.1, 0.15) is 0 Å². The molecule has 6 heteroatoms. The van der Waals surface area contributed by atoms with E-state index in [1.54, 1.807) is 18.2 Å². The number of hydrogen-bond donors (Lipinski definition) is 1. The molecule has 0 heterocycles. The Hall–Kier alpha value is -0.775. The van der Waals surface area contributed by atoms with Crippen LogP contribution in [0, 0.1) is 6.92 Å². The van der Waals surface area contributed by atoms with Crippen LogP contribution in [-0.2, 0) is 0 Å². The van der Waals surface area contributed by atoms with E-state index in [0.29, 0.717) is 10.6 Å². The van der Waals surface area contributed by atoms with Crippen molar-refractivity contribution in [3.63, 3.8) is 0 Å². The minimum absolute atomic E-state index is 0.403. The van der Waals surface area contributed by atoms with Gasteiger partial charge in [0.15, 0.2) is 0 Å². The van der Waals surface area contributed by atoms with Crippen molar-refractivity contribution in [1.82, 2.24) is 0 Å². The summed E-state index contributed by atoms with van der Waals surface area (Å²) in [5, 5.41) is 0. The monoisotopic (exact) mass is 220 g/mol. The van der Waals surface area contributed by atoms with Crippen LogP contribution in [0.1, 0.15) is 5.56 Å². The summed E-state index contributed by atoms with van der Waals surface area (Å²) in [5.74, 6) is 0. The number of thioether (sulfide) groups is 1. The fraction of sp³-hybridized carbons (Fsp3) is 0.250. The highest BCUT2D eigenvalue weighted by Crippen LogP contribution is 2.29. The molecule has 0 saturated carbocycles. The summed E-state index contributed by atoms with van der Waals surface area (Å²) >= 11 is 0.746. The molecule has 0 radical (unpaired) electrons. The van der Waals surface area contributed by atoms with E-state index in [-0.39, 0.29) is 0 Å². The zero-order valence-corrected chi connectivity index (χ0v) is 8.45. The molecular weight excluding hydrogens is 210 g/mol. The van der Waals surface area contributed by atoms with E-state index in [4.69, 9.17) is 5.73 Å². The van der Waals surface area contributed by atoms with Crippen molar-refractivity contribution in [2.24, 2.45) is 0 Å². The number of anilines is 1. The summed E-state index contributed by atoms with van der Waals surface area (Å²) in [5.41, 5.74) is 6.01. The lowest BCUT2D eigenvalue weighted by molar-refractivity contribution is 0.485. The maximum atomic E-state index is 12.0. The van der Waals surface area contributed by atoms with Gasteiger partial charge in [-0.3, -0.25) is 0 Å². The van der Waals surface area contributed by atoms with E-state index in [0.717, 1.165) is 17.3 Å². The van der Waals surface area contributed by atoms with Crippen molar-refractivity contribution < 1.29 is 12.9 Å². The zero-order valence-electron chi connectivity index (χ0n) is 7.64. The Bertz CT molecular complexity index is 327. The van der Waals surface area contributed by atoms with Crippen LogP contribution >= 0.6 is 11.8 Å². The molecule has 0 spiro atoms. The van der Waals surface area contributed by atoms with Crippen LogP contribution in [0.15, 0.2) is 23.1 Å². The maximum absolute atomic E-state index is 12.0. The van der Waals surface area contributed by atoms with Crippen LogP contribution in [0.2, 0.25) is 0 Å². The molecule has 0 saturated heterocycles. The molecule has 0 aliphatic heterocycles. The van der Waals surface area contributed by atoms with Gasteiger partial charge in [0.25, 0.3) is 0 Å². The largest absolute Gasteiger partial charge is 0.488 e. The molecule has 1 aromatic carbocycles. The number of hydrogen-bond acceptors (Lipinski definition) is 2. The van der Waals surface area contributed by atoms with E-state index in [1.165, 1.54) is 0 Å². The van der Waals surface area contributed by atoms with Crippen LogP contribution in [0.25, 0.3) is 0 Å². The first-order chi connectivity index (χ1) is 6.38. The molecule has 0 amide bonds. The number of rotatable bonds is 3. The molecule has 1 nitrogen and oxygen atoms in total. The normalized spacial score (nSPS) is 11.7. The zero-order chi connectivity index (χ0) is 10.8. The Morgan fingerprint density at radius 1 is 1.36 bits per heavy atom. The van der Waals surface area contributed by atoms with Crippen molar-refractivity contribution in [3.05, 3.63) is 23.8 Å². The Balaban J connectivity index is 2.72. The molecule has 78 valence electrons. The van der Waals surface area contributed by atoms with Gasteiger partial charge < -0.3 is 18.7 Å². The van der Waals surface area contributed by atoms with Gasteiger partial charge in [0.05, 0.1) is 0 Å². The average molecular weight is 220 g/mol. The van der Waals surface area contributed by atoms with Gasteiger partial charge >= 0.3 is 6.98 Å². The highest BCUT2D eigenvalue weighted by Gasteiger charge is 2.23. The third-order valence-electron chi connectivity index (χ3n) is 1.60. The lowest BCUT2D eigenvalue weighted by atomic mass is 9.98. The van der Waals surface area contributed by atoms with Gasteiger partial charge in [0.2, 0.25) is 0 Å². The summed E-state index contributed by atoms with van der Waals surface area (Å²) in [6.07, 6.45) is 0.